The third-order valence-electron chi connectivity index (χ3n) is 4.82. The van der Waals surface area contributed by atoms with Gasteiger partial charge in [0.1, 0.15) is 6.61 Å². The fourth-order valence-electron chi connectivity index (χ4n) is 3.63. The van der Waals surface area contributed by atoms with E-state index in [1.165, 1.54) is 17.1 Å². The van der Waals surface area contributed by atoms with E-state index in [0.29, 0.717) is 11.1 Å². The molecule has 0 fully saturated rings. The minimum Gasteiger partial charge on any atom is -0.478 e. The first-order valence-electron chi connectivity index (χ1n) is 10.4. The molecular formula is C27H31NO5. The lowest BCUT2D eigenvalue weighted by Gasteiger charge is -2.26. The Balaban J connectivity index is 4.28. The van der Waals surface area contributed by atoms with E-state index >= 15 is 0 Å². The molecular weight excluding hydrogens is 418 g/mol. The molecule has 1 rings (SSSR count). The molecule has 0 radical (unpaired) electrons. The molecule has 0 saturated carbocycles. The van der Waals surface area contributed by atoms with Gasteiger partial charge in [0, 0.05) is 13.1 Å². The highest BCUT2D eigenvalue weighted by atomic mass is 16.5. The zero-order valence-electron chi connectivity index (χ0n) is 19.0. The quantitative estimate of drug-likeness (QED) is 0.309. The summed E-state index contributed by atoms with van der Waals surface area (Å²) in [5, 5.41) is 10.1. The molecule has 0 aliphatic carbocycles. The summed E-state index contributed by atoms with van der Waals surface area (Å²) in [6.07, 6.45) is 9.46. The van der Waals surface area contributed by atoms with Crippen molar-refractivity contribution in [3.63, 3.8) is 0 Å². The second-order valence-corrected chi connectivity index (χ2v) is 7.02. The monoisotopic (exact) mass is 449 g/mol. The fraction of sp³-hybridized carbons (Fsp3) is 0.222. The minimum atomic E-state index is -1.21. The van der Waals surface area contributed by atoms with Crippen LogP contribution < -0.4 is 0 Å². The van der Waals surface area contributed by atoms with Crippen LogP contribution in [0.5, 0.6) is 0 Å². The maximum Gasteiger partial charge on any atom is 0.339 e. The van der Waals surface area contributed by atoms with Gasteiger partial charge in [-0.25, -0.2) is 9.59 Å². The van der Waals surface area contributed by atoms with Gasteiger partial charge in [0.15, 0.2) is 0 Å². The SMILES string of the molecule is C=CCOC(=O)c1c(CC=C)c(CC=C)c(C(=O)O)c(CC=C)c1C(=O)N(CC=C)CC=C. The largest absolute Gasteiger partial charge is 0.478 e. The smallest absolute Gasteiger partial charge is 0.339 e. The first-order valence-corrected chi connectivity index (χ1v) is 10.4. The number of esters is 1. The van der Waals surface area contributed by atoms with E-state index in [-0.39, 0.29) is 61.2 Å². The van der Waals surface area contributed by atoms with Crippen molar-refractivity contribution in [2.75, 3.05) is 19.7 Å². The highest BCUT2D eigenvalue weighted by Crippen LogP contribution is 2.33. The van der Waals surface area contributed by atoms with Gasteiger partial charge in [0.05, 0.1) is 16.7 Å². The molecule has 6 nitrogen and oxygen atoms in total. The number of hydrogen-bond donors (Lipinski definition) is 1. The van der Waals surface area contributed by atoms with Crippen LogP contribution in [0.2, 0.25) is 0 Å². The molecule has 0 atom stereocenters. The van der Waals surface area contributed by atoms with Crippen LogP contribution in [0.1, 0.15) is 47.8 Å². The number of carbonyl (C=O) groups is 3. The average molecular weight is 450 g/mol. The van der Waals surface area contributed by atoms with Crippen LogP contribution in [-0.2, 0) is 24.0 Å². The Labute approximate surface area is 195 Å². The number of carboxylic acids is 1. The number of hydrogen-bond acceptors (Lipinski definition) is 4. The normalized spacial score (nSPS) is 9.94. The summed E-state index contributed by atoms with van der Waals surface area (Å²) in [6, 6.07) is 0. The molecule has 0 saturated heterocycles. The molecule has 6 heteroatoms. The van der Waals surface area contributed by atoms with E-state index in [1.807, 2.05) is 0 Å². The predicted molar refractivity (Wildman–Crippen MR) is 132 cm³/mol. The Bertz CT molecular complexity index is 977. The van der Waals surface area contributed by atoms with E-state index in [0.717, 1.165) is 0 Å². The number of carbonyl (C=O) groups excluding carboxylic acids is 2. The first kappa shape index (κ1) is 27.1. The van der Waals surface area contributed by atoms with Crippen LogP contribution in [0, 0.1) is 0 Å². The Morgan fingerprint density at radius 3 is 1.61 bits per heavy atom. The van der Waals surface area contributed by atoms with Crippen molar-refractivity contribution >= 4 is 17.8 Å². The highest BCUT2D eigenvalue weighted by Gasteiger charge is 2.33. The van der Waals surface area contributed by atoms with Gasteiger partial charge in [-0.2, -0.15) is 0 Å². The number of ether oxygens (including phenoxy) is 1. The number of carboxylic acid groups (broad SMARTS) is 1. The van der Waals surface area contributed by atoms with E-state index in [2.05, 4.69) is 39.5 Å². The van der Waals surface area contributed by atoms with E-state index in [9.17, 15) is 19.5 Å². The zero-order chi connectivity index (χ0) is 25.0. The molecule has 0 aliphatic heterocycles. The van der Waals surface area contributed by atoms with Gasteiger partial charge >= 0.3 is 11.9 Å². The van der Waals surface area contributed by atoms with Gasteiger partial charge in [0.25, 0.3) is 5.91 Å². The van der Waals surface area contributed by atoms with E-state index in [4.69, 9.17) is 4.74 Å². The summed E-state index contributed by atoms with van der Waals surface area (Å²) in [7, 11) is 0. The molecule has 0 bridgehead atoms. The van der Waals surface area contributed by atoms with E-state index < -0.39 is 17.8 Å². The summed E-state index contributed by atoms with van der Waals surface area (Å²) in [5.74, 6) is -2.50. The summed E-state index contributed by atoms with van der Waals surface area (Å²) in [5.41, 5.74) is 0.872. The van der Waals surface area contributed by atoms with Gasteiger partial charge in [-0.15, -0.1) is 32.9 Å². The molecule has 33 heavy (non-hydrogen) atoms. The van der Waals surface area contributed by atoms with Crippen LogP contribution in [0.25, 0.3) is 0 Å². The molecule has 0 aliphatic rings. The van der Waals surface area contributed by atoms with Crippen molar-refractivity contribution in [1.29, 1.82) is 0 Å². The third kappa shape index (κ3) is 6.29. The molecule has 0 spiro atoms. The second-order valence-electron chi connectivity index (χ2n) is 7.02. The van der Waals surface area contributed by atoms with Crippen molar-refractivity contribution < 1.29 is 24.2 Å². The maximum absolute atomic E-state index is 13.7. The number of amides is 1. The molecule has 0 unspecified atom stereocenters. The topological polar surface area (TPSA) is 83.9 Å². The Hall–Kier alpha value is -3.93. The van der Waals surface area contributed by atoms with Crippen LogP contribution in [0.4, 0.5) is 0 Å². The van der Waals surface area contributed by atoms with Crippen molar-refractivity contribution in [1.82, 2.24) is 4.90 Å². The molecule has 1 amide bonds. The molecule has 1 N–H and O–H groups in total. The maximum atomic E-state index is 13.7. The van der Waals surface area contributed by atoms with Gasteiger partial charge in [-0.05, 0) is 36.0 Å². The number of aromatic carboxylic acids is 1. The van der Waals surface area contributed by atoms with Gasteiger partial charge in [0.2, 0.25) is 0 Å². The summed E-state index contributed by atoms with van der Waals surface area (Å²) < 4.78 is 5.32. The van der Waals surface area contributed by atoms with E-state index in [1.54, 1.807) is 24.3 Å². The molecule has 1 aromatic carbocycles. The standard InChI is InChI=1S/C27H31NO5/c1-7-13-19-20(14-8-2)24(27(32)33-18-12-6)23(21(15-9-3)22(19)26(30)31)25(29)28(16-10-4)17-11-5/h7-12H,1-6,13-18H2,(H,30,31). The van der Waals surface area contributed by atoms with Gasteiger partial charge in [-0.1, -0.05) is 43.0 Å². The van der Waals surface area contributed by atoms with Crippen LogP contribution in [-0.4, -0.2) is 47.5 Å². The second kappa shape index (κ2) is 13.5. The van der Waals surface area contributed by atoms with Crippen LogP contribution >= 0.6 is 0 Å². The number of allylic oxidation sites excluding steroid dienone is 3. The lowest BCUT2D eigenvalue weighted by Crippen LogP contribution is -2.35. The average Bonchev–Trinajstić information content (AvgIpc) is 2.78. The highest BCUT2D eigenvalue weighted by molar-refractivity contribution is 6.10. The lowest BCUT2D eigenvalue weighted by atomic mass is 9.82. The Kier molecular flexibility index (Phi) is 11.1. The zero-order valence-corrected chi connectivity index (χ0v) is 19.0. The Morgan fingerprint density at radius 2 is 1.18 bits per heavy atom. The molecule has 1 aromatic rings. The lowest BCUT2D eigenvalue weighted by molar-refractivity contribution is 0.0539. The minimum absolute atomic E-state index is 0.0126. The first-order chi connectivity index (χ1) is 15.8. The fourth-order valence-corrected chi connectivity index (χ4v) is 3.63. The molecule has 0 aromatic heterocycles. The van der Waals surface area contributed by atoms with Crippen molar-refractivity contribution in [2.24, 2.45) is 0 Å². The van der Waals surface area contributed by atoms with Gasteiger partial charge in [-0.3, -0.25) is 4.79 Å². The third-order valence-corrected chi connectivity index (χ3v) is 4.82. The van der Waals surface area contributed by atoms with Crippen LogP contribution in [0.15, 0.2) is 75.9 Å². The molecule has 174 valence electrons. The number of rotatable bonds is 15. The van der Waals surface area contributed by atoms with Crippen molar-refractivity contribution in [3.8, 4) is 0 Å². The Morgan fingerprint density at radius 1 is 0.697 bits per heavy atom. The summed E-state index contributed by atoms with van der Waals surface area (Å²) >= 11 is 0. The molecule has 0 heterocycles. The number of nitrogens with zero attached hydrogens (tertiary/aromatic N) is 1. The predicted octanol–water partition coefficient (Wildman–Crippen LogP) is 4.73. The van der Waals surface area contributed by atoms with Gasteiger partial charge < -0.3 is 14.7 Å². The van der Waals surface area contributed by atoms with Crippen molar-refractivity contribution in [3.05, 3.63) is 109 Å². The van der Waals surface area contributed by atoms with Crippen molar-refractivity contribution in [2.45, 2.75) is 19.3 Å². The summed E-state index contributed by atoms with van der Waals surface area (Å²) in [6.45, 7) is 22.4. The van der Waals surface area contributed by atoms with Crippen LogP contribution in [0.3, 0.4) is 0 Å². The number of benzene rings is 1. The summed E-state index contributed by atoms with van der Waals surface area (Å²) in [4.78, 5) is 40.8.